The van der Waals surface area contributed by atoms with E-state index in [0.29, 0.717) is 11.7 Å². The van der Waals surface area contributed by atoms with Crippen molar-refractivity contribution in [1.82, 2.24) is 9.55 Å². The Morgan fingerprint density at radius 1 is 1.13 bits per heavy atom. The van der Waals surface area contributed by atoms with Crippen molar-refractivity contribution in [2.75, 3.05) is 24.3 Å². The van der Waals surface area contributed by atoms with Gasteiger partial charge in [-0.3, -0.25) is 19.1 Å². The average molecular weight is 422 g/mol. The molecule has 0 atom stereocenters. The van der Waals surface area contributed by atoms with Crippen molar-refractivity contribution in [3.63, 3.8) is 0 Å². The number of nitrogens with two attached hydrogens (primary N) is 1. The number of benzene rings is 2. The monoisotopic (exact) mass is 422 g/mol. The van der Waals surface area contributed by atoms with Gasteiger partial charge in [0.1, 0.15) is 11.6 Å². The molecule has 0 aliphatic rings. The maximum absolute atomic E-state index is 12.7. The lowest BCUT2D eigenvalue weighted by atomic mass is 10.0. The lowest BCUT2D eigenvalue weighted by Gasteiger charge is -2.20. The molecule has 0 aliphatic heterocycles. The van der Waals surface area contributed by atoms with Crippen LogP contribution in [0.3, 0.4) is 0 Å². The van der Waals surface area contributed by atoms with Gasteiger partial charge < -0.3 is 15.4 Å². The zero-order valence-electron chi connectivity index (χ0n) is 17.8. The summed E-state index contributed by atoms with van der Waals surface area (Å²) in [6, 6.07) is 16.7. The highest BCUT2D eigenvalue weighted by molar-refractivity contribution is 5.96. The first-order chi connectivity index (χ1) is 14.8. The van der Waals surface area contributed by atoms with Gasteiger partial charge in [0, 0.05) is 7.05 Å². The van der Waals surface area contributed by atoms with Gasteiger partial charge in [0.2, 0.25) is 0 Å². The molecule has 0 spiro atoms. The Labute approximate surface area is 179 Å². The predicted molar refractivity (Wildman–Crippen MR) is 121 cm³/mol. The first-order valence-corrected chi connectivity index (χ1v) is 9.93. The molecule has 162 valence electrons. The number of amides is 1. The molecule has 8 nitrogen and oxygen atoms in total. The Balaban J connectivity index is 1.82. The van der Waals surface area contributed by atoms with Gasteiger partial charge in [0.25, 0.3) is 11.5 Å². The van der Waals surface area contributed by atoms with E-state index in [1.54, 1.807) is 6.07 Å². The van der Waals surface area contributed by atoms with Crippen LogP contribution in [0.5, 0.6) is 5.75 Å². The average Bonchev–Trinajstić information content (AvgIpc) is 2.75. The lowest BCUT2D eigenvalue weighted by Crippen LogP contribution is -2.41. The van der Waals surface area contributed by atoms with Crippen LogP contribution >= 0.6 is 0 Å². The summed E-state index contributed by atoms with van der Waals surface area (Å²) in [6.45, 7) is 4.01. The van der Waals surface area contributed by atoms with Gasteiger partial charge in [-0.1, -0.05) is 56.3 Å². The molecule has 0 saturated carbocycles. The Morgan fingerprint density at radius 3 is 2.52 bits per heavy atom. The molecule has 0 aliphatic carbocycles. The minimum absolute atomic E-state index is 0.0877. The summed E-state index contributed by atoms with van der Waals surface area (Å²) >= 11 is 0. The number of carbonyl (C=O) groups is 1. The fraction of sp³-hybridized carbons (Fsp3) is 0.261. The van der Waals surface area contributed by atoms with Crippen LogP contribution in [-0.4, -0.2) is 29.1 Å². The number of nitrogens with one attached hydrogen (secondary N) is 1. The summed E-state index contributed by atoms with van der Waals surface area (Å²) in [6.07, 6.45) is 0. The van der Waals surface area contributed by atoms with Gasteiger partial charge in [-0.25, -0.2) is 4.79 Å². The quantitative estimate of drug-likeness (QED) is 0.607. The minimum atomic E-state index is -0.732. The molecule has 8 heteroatoms. The third-order valence-electron chi connectivity index (χ3n) is 4.99. The van der Waals surface area contributed by atoms with E-state index in [0.717, 1.165) is 16.0 Å². The molecular formula is C23H26N4O4. The Kier molecular flexibility index (Phi) is 6.59. The van der Waals surface area contributed by atoms with Crippen molar-refractivity contribution >= 4 is 17.4 Å². The first-order valence-electron chi connectivity index (χ1n) is 9.93. The molecule has 3 rings (SSSR count). The molecule has 0 saturated heterocycles. The number of nitrogen functional groups attached to an aromatic ring is 1. The number of hydrogen-bond acceptors (Lipinski definition) is 5. The maximum atomic E-state index is 12.7. The molecule has 1 amide bonds. The van der Waals surface area contributed by atoms with Gasteiger partial charge in [-0.2, -0.15) is 0 Å². The van der Waals surface area contributed by atoms with Crippen LogP contribution in [0.25, 0.3) is 0 Å². The molecule has 3 N–H and O–H groups in total. The summed E-state index contributed by atoms with van der Waals surface area (Å²) in [4.78, 5) is 40.8. The van der Waals surface area contributed by atoms with Crippen molar-refractivity contribution in [2.24, 2.45) is 0 Å². The minimum Gasteiger partial charge on any atom is -0.484 e. The fourth-order valence-corrected chi connectivity index (χ4v) is 3.15. The Morgan fingerprint density at radius 2 is 1.84 bits per heavy atom. The lowest BCUT2D eigenvalue weighted by molar-refractivity contribution is -0.120. The molecule has 0 unspecified atom stereocenters. The number of anilines is 2. The van der Waals surface area contributed by atoms with E-state index in [4.69, 9.17) is 10.5 Å². The van der Waals surface area contributed by atoms with E-state index in [1.165, 1.54) is 11.6 Å². The van der Waals surface area contributed by atoms with Crippen LogP contribution in [0.1, 0.15) is 30.9 Å². The van der Waals surface area contributed by atoms with Gasteiger partial charge in [-0.05, 0) is 29.2 Å². The Hall–Kier alpha value is -3.81. The third kappa shape index (κ3) is 5.03. The maximum Gasteiger partial charge on any atom is 0.330 e. The highest BCUT2D eigenvalue weighted by Gasteiger charge is 2.21. The van der Waals surface area contributed by atoms with Crippen LogP contribution in [0.15, 0.2) is 64.2 Å². The summed E-state index contributed by atoms with van der Waals surface area (Å²) in [5, 5.41) is 0. The number of aromatic nitrogens is 2. The van der Waals surface area contributed by atoms with Gasteiger partial charge in [0.05, 0.1) is 6.54 Å². The van der Waals surface area contributed by atoms with Gasteiger partial charge in [0.15, 0.2) is 12.3 Å². The molecule has 0 radical (unpaired) electrons. The number of carbonyl (C=O) groups excluding carboxylic acids is 1. The number of aromatic amines is 1. The van der Waals surface area contributed by atoms with Crippen LogP contribution in [0.4, 0.5) is 11.5 Å². The molecule has 31 heavy (non-hydrogen) atoms. The normalized spacial score (nSPS) is 10.8. The number of ether oxygens (including phenoxy) is 1. The first kappa shape index (κ1) is 21.9. The summed E-state index contributed by atoms with van der Waals surface area (Å²) in [5.74, 6) is 0.321. The molecular weight excluding hydrogens is 396 g/mol. The van der Waals surface area contributed by atoms with Gasteiger partial charge in [-0.15, -0.1) is 0 Å². The highest BCUT2D eigenvalue weighted by Crippen LogP contribution is 2.21. The second kappa shape index (κ2) is 9.34. The molecule has 3 aromatic rings. The number of likely N-dealkylation sites (N-methyl/N-ethyl adjacent to an activating group) is 1. The SMILES string of the molecule is CC(C)c1cccc(OCC(=O)N(C)c2c(N)n(Cc3ccccc3)c(=O)[nH]c2=O)c1. The molecule has 2 aromatic carbocycles. The topological polar surface area (TPSA) is 110 Å². The number of nitrogens with zero attached hydrogens (tertiary/aromatic N) is 2. The summed E-state index contributed by atoms with van der Waals surface area (Å²) in [5.41, 5.74) is 6.59. The van der Waals surface area contributed by atoms with E-state index in [2.05, 4.69) is 18.8 Å². The molecule has 0 bridgehead atoms. The van der Waals surface area contributed by atoms with Crippen LogP contribution in [-0.2, 0) is 11.3 Å². The number of rotatable bonds is 7. The zero-order valence-corrected chi connectivity index (χ0v) is 17.8. The van der Waals surface area contributed by atoms with Crippen molar-refractivity contribution in [1.29, 1.82) is 0 Å². The molecule has 1 aromatic heterocycles. The van der Waals surface area contributed by atoms with Crippen molar-refractivity contribution in [3.8, 4) is 5.75 Å². The zero-order chi connectivity index (χ0) is 22.5. The van der Waals surface area contributed by atoms with E-state index in [9.17, 15) is 14.4 Å². The van der Waals surface area contributed by atoms with Crippen LogP contribution in [0, 0.1) is 0 Å². The smallest absolute Gasteiger partial charge is 0.330 e. The van der Waals surface area contributed by atoms with E-state index >= 15 is 0 Å². The Bertz CT molecular complexity index is 1180. The molecule has 1 heterocycles. The van der Waals surface area contributed by atoms with E-state index in [1.807, 2.05) is 48.5 Å². The largest absolute Gasteiger partial charge is 0.484 e. The third-order valence-corrected chi connectivity index (χ3v) is 4.99. The van der Waals surface area contributed by atoms with Gasteiger partial charge >= 0.3 is 5.69 Å². The van der Waals surface area contributed by atoms with E-state index in [-0.39, 0.29) is 24.7 Å². The van der Waals surface area contributed by atoms with Crippen molar-refractivity contribution in [3.05, 3.63) is 86.6 Å². The second-order valence-corrected chi connectivity index (χ2v) is 7.53. The summed E-state index contributed by atoms with van der Waals surface area (Å²) in [7, 11) is 1.43. The predicted octanol–water partition coefficient (Wildman–Crippen LogP) is 2.33. The standard InChI is InChI=1S/C23H26N4O4/c1-15(2)17-10-7-11-18(12-17)31-14-19(28)26(3)20-21(24)27(23(30)25-22(20)29)13-16-8-5-4-6-9-16/h4-12,15H,13-14,24H2,1-3H3,(H,25,29,30). The number of H-pyrrole nitrogens is 1. The van der Waals surface area contributed by atoms with E-state index < -0.39 is 17.2 Å². The fourth-order valence-electron chi connectivity index (χ4n) is 3.15. The van der Waals surface area contributed by atoms with Crippen molar-refractivity contribution in [2.45, 2.75) is 26.3 Å². The number of hydrogen-bond donors (Lipinski definition) is 2. The van der Waals surface area contributed by atoms with Crippen LogP contribution < -0.4 is 26.6 Å². The van der Waals surface area contributed by atoms with Crippen molar-refractivity contribution < 1.29 is 9.53 Å². The summed E-state index contributed by atoms with van der Waals surface area (Å²) < 4.78 is 6.84. The molecule has 0 fully saturated rings. The second-order valence-electron chi connectivity index (χ2n) is 7.53. The van der Waals surface area contributed by atoms with Crippen LogP contribution in [0.2, 0.25) is 0 Å². The highest BCUT2D eigenvalue weighted by atomic mass is 16.5.